The summed E-state index contributed by atoms with van der Waals surface area (Å²) in [7, 11) is 1.65. The Kier molecular flexibility index (Phi) is 5.18. The van der Waals surface area contributed by atoms with E-state index in [1.165, 1.54) is 0 Å². The molecule has 138 valence electrons. The van der Waals surface area contributed by atoms with Gasteiger partial charge in [-0.15, -0.1) is 0 Å². The lowest BCUT2D eigenvalue weighted by Crippen LogP contribution is -2.58. The second-order valence-corrected chi connectivity index (χ2v) is 6.88. The summed E-state index contributed by atoms with van der Waals surface area (Å²) in [6.07, 6.45) is 0. The van der Waals surface area contributed by atoms with E-state index in [2.05, 4.69) is 5.32 Å². The molecular formula is C21H26N2O3. The Balaban J connectivity index is 2.01. The third-order valence-corrected chi connectivity index (χ3v) is 4.70. The first kappa shape index (κ1) is 18.3. The van der Waals surface area contributed by atoms with E-state index in [9.17, 15) is 4.79 Å². The Morgan fingerprint density at radius 3 is 2.62 bits per heavy atom. The van der Waals surface area contributed by atoms with Gasteiger partial charge in [0.1, 0.15) is 18.0 Å². The standard InChI is InChI=1S/C21H26N2O3/c1-15(2)23-20(24)18-10-5-6-11-19(18)22-21(23,3)16-8-7-9-17(14-16)26-13-12-25-4/h5-11,14-15,22H,12-13H2,1-4H3. The second-order valence-electron chi connectivity index (χ2n) is 6.88. The number of fused-ring (bicyclic) bond motifs is 1. The first-order valence-electron chi connectivity index (χ1n) is 8.90. The lowest BCUT2D eigenvalue weighted by molar-refractivity contribution is 0.0433. The molecule has 0 saturated heterocycles. The summed E-state index contributed by atoms with van der Waals surface area (Å²) < 4.78 is 10.8. The van der Waals surface area contributed by atoms with Crippen LogP contribution in [0.4, 0.5) is 5.69 Å². The molecule has 0 saturated carbocycles. The third-order valence-electron chi connectivity index (χ3n) is 4.70. The molecule has 2 aromatic carbocycles. The van der Waals surface area contributed by atoms with Crippen molar-refractivity contribution in [3.63, 3.8) is 0 Å². The van der Waals surface area contributed by atoms with Crippen LogP contribution in [-0.4, -0.2) is 37.2 Å². The molecule has 0 bridgehead atoms. The Labute approximate surface area is 154 Å². The molecule has 0 aromatic heterocycles. The van der Waals surface area contributed by atoms with Gasteiger partial charge in [0.05, 0.1) is 12.2 Å². The zero-order valence-electron chi connectivity index (χ0n) is 15.8. The minimum Gasteiger partial charge on any atom is -0.491 e. The SMILES string of the molecule is COCCOc1cccc(C2(C)Nc3ccccc3C(=O)N2C(C)C)c1. The van der Waals surface area contributed by atoms with Crippen LogP contribution in [0, 0.1) is 0 Å². The van der Waals surface area contributed by atoms with Crippen LogP contribution >= 0.6 is 0 Å². The van der Waals surface area contributed by atoms with Crippen LogP contribution in [0.5, 0.6) is 5.75 Å². The number of carbonyl (C=O) groups is 1. The topological polar surface area (TPSA) is 50.8 Å². The van der Waals surface area contributed by atoms with Crippen LogP contribution in [0.15, 0.2) is 48.5 Å². The minimum absolute atomic E-state index is 0.0301. The molecule has 26 heavy (non-hydrogen) atoms. The number of rotatable bonds is 6. The van der Waals surface area contributed by atoms with Gasteiger partial charge in [0.25, 0.3) is 5.91 Å². The fraction of sp³-hybridized carbons (Fsp3) is 0.381. The van der Waals surface area contributed by atoms with E-state index >= 15 is 0 Å². The monoisotopic (exact) mass is 354 g/mol. The third kappa shape index (κ3) is 3.27. The van der Waals surface area contributed by atoms with Crippen LogP contribution in [0.2, 0.25) is 0 Å². The summed E-state index contributed by atoms with van der Waals surface area (Å²) >= 11 is 0. The van der Waals surface area contributed by atoms with E-state index in [0.29, 0.717) is 18.8 Å². The lowest BCUT2D eigenvalue weighted by atomic mass is 9.92. The van der Waals surface area contributed by atoms with Crippen molar-refractivity contribution < 1.29 is 14.3 Å². The number of para-hydroxylation sites is 1. The largest absolute Gasteiger partial charge is 0.491 e. The normalized spacial score (nSPS) is 19.3. The Hall–Kier alpha value is -2.53. The van der Waals surface area contributed by atoms with Gasteiger partial charge in [-0.2, -0.15) is 0 Å². The van der Waals surface area contributed by atoms with Gasteiger partial charge in [-0.3, -0.25) is 4.79 Å². The molecule has 1 aliphatic heterocycles. The highest BCUT2D eigenvalue weighted by atomic mass is 16.5. The van der Waals surface area contributed by atoms with Crippen LogP contribution in [-0.2, 0) is 10.4 Å². The summed E-state index contributed by atoms with van der Waals surface area (Å²) in [6, 6.07) is 15.6. The summed E-state index contributed by atoms with van der Waals surface area (Å²) in [6.45, 7) is 7.12. The first-order chi connectivity index (χ1) is 12.5. The van der Waals surface area contributed by atoms with Crippen molar-refractivity contribution in [2.75, 3.05) is 25.6 Å². The highest BCUT2D eigenvalue weighted by Crippen LogP contribution is 2.39. The second kappa shape index (κ2) is 7.38. The number of carbonyl (C=O) groups excluding carboxylic acids is 1. The average molecular weight is 354 g/mol. The molecule has 1 unspecified atom stereocenters. The number of methoxy groups -OCH3 is 1. The highest BCUT2D eigenvalue weighted by Gasteiger charge is 2.43. The number of hydrogen-bond donors (Lipinski definition) is 1. The number of nitrogens with zero attached hydrogens (tertiary/aromatic N) is 1. The number of benzene rings is 2. The summed E-state index contributed by atoms with van der Waals surface area (Å²) in [5.74, 6) is 0.792. The molecule has 3 rings (SSSR count). The lowest BCUT2D eigenvalue weighted by Gasteiger charge is -2.48. The molecule has 0 fully saturated rings. The van der Waals surface area contributed by atoms with Crippen LogP contribution in [0.1, 0.15) is 36.7 Å². The summed E-state index contributed by atoms with van der Waals surface area (Å²) in [5, 5.41) is 3.57. The van der Waals surface area contributed by atoms with Crippen molar-refractivity contribution in [3.05, 3.63) is 59.7 Å². The van der Waals surface area contributed by atoms with Crippen LogP contribution in [0.3, 0.4) is 0 Å². The van der Waals surface area contributed by atoms with Crippen LogP contribution < -0.4 is 10.1 Å². The average Bonchev–Trinajstić information content (AvgIpc) is 2.62. The number of ether oxygens (including phenoxy) is 2. The number of nitrogens with one attached hydrogen (secondary N) is 1. The summed E-state index contributed by atoms with van der Waals surface area (Å²) in [5.41, 5.74) is 1.86. The fourth-order valence-electron chi connectivity index (χ4n) is 3.53. The maximum absolute atomic E-state index is 13.2. The van der Waals surface area contributed by atoms with Gasteiger partial charge in [-0.1, -0.05) is 24.3 Å². The molecule has 1 amide bonds. The van der Waals surface area contributed by atoms with Gasteiger partial charge in [0, 0.05) is 24.4 Å². The van der Waals surface area contributed by atoms with E-state index in [1.54, 1.807) is 7.11 Å². The van der Waals surface area contributed by atoms with Crippen LogP contribution in [0.25, 0.3) is 0 Å². The van der Waals surface area contributed by atoms with Crippen molar-refractivity contribution in [2.45, 2.75) is 32.5 Å². The highest BCUT2D eigenvalue weighted by molar-refractivity contribution is 6.02. The molecular weight excluding hydrogens is 328 g/mol. The van der Waals surface area contributed by atoms with E-state index in [0.717, 1.165) is 17.0 Å². The molecule has 0 spiro atoms. The van der Waals surface area contributed by atoms with Gasteiger partial charge in [-0.25, -0.2) is 0 Å². The number of amides is 1. The number of hydrogen-bond acceptors (Lipinski definition) is 4. The quantitative estimate of drug-likeness (QED) is 0.801. The first-order valence-corrected chi connectivity index (χ1v) is 8.90. The van der Waals surface area contributed by atoms with Gasteiger partial charge in [0.2, 0.25) is 0 Å². The van der Waals surface area contributed by atoms with E-state index < -0.39 is 5.66 Å². The van der Waals surface area contributed by atoms with E-state index in [1.807, 2.05) is 74.2 Å². The predicted molar refractivity (Wildman–Crippen MR) is 103 cm³/mol. The summed E-state index contributed by atoms with van der Waals surface area (Å²) in [4.78, 5) is 15.1. The smallest absolute Gasteiger partial charge is 0.258 e. The molecule has 0 aliphatic carbocycles. The van der Waals surface area contributed by atoms with E-state index in [-0.39, 0.29) is 11.9 Å². The van der Waals surface area contributed by atoms with Crippen molar-refractivity contribution in [3.8, 4) is 5.75 Å². The molecule has 1 heterocycles. The zero-order valence-corrected chi connectivity index (χ0v) is 15.8. The maximum Gasteiger partial charge on any atom is 0.258 e. The molecule has 0 radical (unpaired) electrons. The zero-order chi connectivity index (χ0) is 18.7. The van der Waals surface area contributed by atoms with Crippen molar-refractivity contribution >= 4 is 11.6 Å². The van der Waals surface area contributed by atoms with Gasteiger partial charge >= 0.3 is 0 Å². The van der Waals surface area contributed by atoms with Gasteiger partial charge < -0.3 is 19.7 Å². The van der Waals surface area contributed by atoms with Gasteiger partial charge in [-0.05, 0) is 45.0 Å². The number of anilines is 1. The molecule has 1 N–H and O–H groups in total. The molecule has 1 aliphatic rings. The van der Waals surface area contributed by atoms with Crippen molar-refractivity contribution in [1.82, 2.24) is 4.90 Å². The maximum atomic E-state index is 13.2. The Bertz CT molecular complexity index is 790. The molecule has 5 heteroatoms. The van der Waals surface area contributed by atoms with Gasteiger partial charge in [0.15, 0.2) is 0 Å². The van der Waals surface area contributed by atoms with Crippen molar-refractivity contribution in [2.24, 2.45) is 0 Å². The van der Waals surface area contributed by atoms with Crippen molar-refractivity contribution in [1.29, 1.82) is 0 Å². The fourth-order valence-corrected chi connectivity index (χ4v) is 3.53. The Morgan fingerprint density at radius 2 is 1.88 bits per heavy atom. The molecule has 5 nitrogen and oxygen atoms in total. The molecule has 1 atom stereocenters. The van der Waals surface area contributed by atoms with E-state index in [4.69, 9.17) is 9.47 Å². The predicted octanol–water partition coefficient (Wildman–Crippen LogP) is 3.86. The minimum atomic E-state index is -0.666. The Morgan fingerprint density at radius 1 is 1.12 bits per heavy atom. The molecule has 2 aromatic rings.